The van der Waals surface area contributed by atoms with Crippen molar-refractivity contribution in [1.82, 2.24) is 0 Å². The van der Waals surface area contributed by atoms with E-state index in [1.807, 2.05) is 6.92 Å². The van der Waals surface area contributed by atoms with Gasteiger partial charge in [0.25, 0.3) is 0 Å². The van der Waals surface area contributed by atoms with Crippen LogP contribution in [0.3, 0.4) is 0 Å². The maximum absolute atomic E-state index is 12.0. The summed E-state index contributed by atoms with van der Waals surface area (Å²) < 4.78 is 10.3. The summed E-state index contributed by atoms with van der Waals surface area (Å²) in [5.41, 5.74) is -0.442. The van der Waals surface area contributed by atoms with Crippen LogP contribution in [-0.2, 0) is 9.53 Å². The number of para-hydroxylation sites is 1. The first-order valence-corrected chi connectivity index (χ1v) is 6.34. The highest BCUT2D eigenvalue weighted by atomic mass is 16.6. The Morgan fingerprint density at radius 3 is 2.37 bits per heavy atom. The molecule has 0 saturated heterocycles. The van der Waals surface area contributed by atoms with Crippen LogP contribution in [0.4, 0.5) is 0 Å². The molecule has 1 aromatic carbocycles. The molecule has 0 atom stereocenters. The molecular formula is C15H20O4. The fourth-order valence-electron chi connectivity index (χ4n) is 1.27. The molecule has 4 heteroatoms. The molecule has 0 aliphatic carbocycles. The molecule has 1 aromatic rings. The summed E-state index contributed by atoms with van der Waals surface area (Å²) in [6.07, 6.45) is 0.838. The lowest BCUT2D eigenvalue weighted by Gasteiger charge is -2.16. The highest BCUT2D eigenvalue weighted by Gasteiger charge is 2.27. The molecule has 0 heterocycles. The average molecular weight is 264 g/mol. The van der Waals surface area contributed by atoms with Crippen molar-refractivity contribution in [2.24, 2.45) is 5.41 Å². The van der Waals surface area contributed by atoms with Crippen molar-refractivity contribution in [1.29, 1.82) is 0 Å². The Kier molecular flexibility index (Phi) is 5.10. The SMILES string of the molecule is CCCOc1ccccc1C(=O)OC(=O)C(C)(C)C. The number of hydrogen-bond donors (Lipinski definition) is 0. The largest absolute Gasteiger partial charge is 0.493 e. The first kappa shape index (κ1) is 15.2. The summed E-state index contributed by atoms with van der Waals surface area (Å²) in [4.78, 5) is 23.7. The average Bonchev–Trinajstić information content (AvgIpc) is 2.35. The minimum atomic E-state index is -0.713. The number of benzene rings is 1. The molecule has 0 amide bonds. The van der Waals surface area contributed by atoms with Gasteiger partial charge in [-0.3, -0.25) is 4.79 Å². The molecule has 0 radical (unpaired) electrons. The fraction of sp³-hybridized carbons (Fsp3) is 0.467. The normalized spacial score (nSPS) is 10.9. The van der Waals surface area contributed by atoms with Gasteiger partial charge in [-0.05, 0) is 39.3 Å². The molecule has 4 nitrogen and oxygen atoms in total. The van der Waals surface area contributed by atoms with E-state index in [2.05, 4.69) is 0 Å². The summed E-state index contributed by atoms with van der Waals surface area (Å²) in [6, 6.07) is 6.75. The number of carbonyl (C=O) groups is 2. The molecule has 1 rings (SSSR count). The van der Waals surface area contributed by atoms with Gasteiger partial charge in [0.15, 0.2) is 0 Å². The van der Waals surface area contributed by atoms with E-state index in [4.69, 9.17) is 9.47 Å². The highest BCUT2D eigenvalue weighted by molar-refractivity contribution is 5.99. The number of rotatable bonds is 4. The van der Waals surface area contributed by atoms with Crippen molar-refractivity contribution in [2.45, 2.75) is 34.1 Å². The van der Waals surface area contributed by atoms with Crippen LogP contribution < -0.4 is 4.74 Å². The molecule has 0 aliphatic rings. The summed E-state index contributed by atoms with van der Waals surface area (Å²) in [7, 11) is 0. The molecule has 0 fully saturated rings. The molecule has 0 aliphatic heterocycles. The van der Waals surface area contributed by atoms with E-state index >= 15 is 0 Å². The predicted octanol–water partition coefficient (Wildman–Crippen LogP) is 3.20. The molecule has 104 valence electrons. The van der Waals surface area contributed by atoms with Gasteiger partial charge in [0.1, 0.15) is 11.3 Å². The van der Waals surface area contributed by atoms with Crippen LogP contribution >= 0.6 is 0 Å². The van der Waals surface area contributed by atoms with Gasteiger partial charge in [-0.15, -0.1) is 0 Å². The van der Waals surface area contributed by atoms with Gasteiger partial charge in [0.2, 0.25) is 0 Å². The van der Waals surface area contributed by atoms with Crippen LogP contribution in [0.1, 0.15) is 44.5 Å². The standard InChI is InChI=1S/C15H20O4/c1-5-10-18-12-9-7-6-8-11(12)13(16)19-14(17)15(2,3)4/h6-9H,5,10H2,1-4H3. The Labute approximate surface area is 113 Å². The number of hydrogen-bond acceptors (Lipinski definition) is 4. The Hall–Kier alpha value is -1.84. The van der Waals surface area contributed by atoms with Crippen LogP contribution in [0.5, 0.6) is 5.75 Å². The van der Waals surface area contributed by atoms with Crippen LogP contribution in [0.25, 0.3) is 0 Å². The van der Waals surface area contributed by atoms with Crippen LogP contribution in [0, 0.1) is 5.41 Å². The summed E-state index contributed by atoms with van der Waals surface area (Å²) in [5.74, 6) is -0.787. The van der Waals surface area contributed by atoms with Crippen molar-refractivity contribution in [2.75, 3.05) is 6.61 Å². The lowest BCUT2D eigenvalue weighted by Crippen LogP contribution is -2.26. The van der Waals surface area contributed by atoms with Crippen LogP contribution in [-0.4, -0.2) is 18.5 Å². The number of carbonyl (C=O) groups excluding carboxylic acids is 2. The fourth-order valence-corrected chi connectivity index (χ4v) is 1.27. The highest BCUT2D eigenvalue weighted by Crippen LogP contribution is 2.21. The van der Waals surface area contributed by atoms with E-state index in [9.17, 15) is 9.59 Å². The first-order valence-electron chi connectivity index (χ1n) is 6.34. The Morgan fingerprint density at radius 1 is 1.16 bits per heavy atom. The van der Waals surface area contributed by atoms with Gasteiger partial charge in [0, 0.05) is 0 Å². The van der Waals surface area contributed by atoms with E-state index in [-0.39, 0.29) is 5.56 Å². The summed E-state index contributed by atoms with van der Waals surface area (Å²) in [5, 5.41) is 0. The van der Waals surface area contributed by atoms with Gasteiger partial charge >= 0.3 is 11.9 Å². The zero-order valence-corrected chi connectivity index (χ0v) is 11.9. The quantitative estimate of drug-likeness (QED) is 0.619. The number of ether oxygens (including phenoxy) is 2. The Balaban J connectivity index is 2.85. The summed E-state index contributed by atoms with van der Waals surface area (Å²) in [6.45, 7) is 7.58. The molecule has 0 aromatic heterocycles. The van der Waals surface area contributed by atoms with Crippen molar-refractivity contribution in [3.63, 3.8) is 0 Å². The first-order chi connectivity index (χ1) is 8.86. The van der Waals surface area contributed by atoms with Crippen molar-refractivity contribution in [3.8, 4) is 5.75 Å². The van der Waals surface area contributed by atoms with E-state index in [0.717, 1.165) is 6.42 Å². The minimum Gasteiger partial charge on any atom is -0.493 e. The van der Waals surface area contributed by atoms with E-state index in [1.165, 1.54) is 0 Å². The molecule has 0 N–H and O–H groups in total. The molecule has 0 saturated carbocycles. The second kappa shape index (κ2) is 6.36. The third kappa shape index (κ3) is 4.39. The lowest BCUT2D eigenvalue weighted by atomic mass is 9.97. The van der Waals surface area contributed by atoms with Crippen molar-refractivity contribution in [3.05, 3.63) is 29.8 Å². The van der Waals surface area contributed by atoms with Gasteiger partial charge in [-0.25, -0.2) is 4.79 Å². The van der Waals surface area contributed by atoms with Crippen LogP contribution in [0.15, 0.2) is 24.3 Å². The van der Waals surface area contributed by atoms with Crippen molar-refractivity contribution < 1.29 is 19.1 Å². The summed E-state index contributed by atoms with van der Waals surface area (Å²) >= 11 is 0. The monoisotopic (exact) mass is 264 g/mol. The third-order valence-corrected chi connectivity index (χ3v) is 2.37. The molecule has 0 bridgehead atoms. The third-order valence-electron chi connectivity index (χ3n) is 2.37. The maximum Gasteiger partial charge on any atom is 0.349 e. The lowest BCUT2D eigenvalue weighted by molar-refractivity contribution is -0.146. The zero-order valence-electron chi connectivity index (χ0n) is 11.9. The molecular weight excluding hydrogens is 244 g/mol. The second-order valence-corrected chi connectivity index (χ2v) is 5.27. The topological polar surface area (TPSA) is 52.6 Å². The van der Waals surface area contributed by atoms with Gasteiger partial charge in [-0.1, -0.05) is 19.1 Å². The predicted molar refractivity (Wildman–Crippen MR) is 72.1 cm³/mol. The van der Waals surface area contributed by atoms with Crippen molar-refractivity contribution >= 4 is 11.9 Å². The zero-order chi connectivity index (χ0) is 14.5. The Morgan fingerprint density at radius 2 is 1.79 bits per heavy atom. The minimum absolute atomic E-state index is 0.272. The van der Waals surface area contributed by atoms with Crippen LogP contribution in [0.2, 0.25) is 0 Å². The van der Waals surface area contributed by atoms with Gasteiger partial charge in [0.05, 0.1) is 12.0 Å². The van der Waals surface area contributed by atoms with Gasteiger partial charge < -0.3 is 9.47 Å². The Bertz CT molecular complexity index is 457. The number of esters is 2. The van der Waals surface area contributed by atoms with E-state index < -0.39 is 17.4 Å². The van der Waals surface area contributed by atoms with E-state index in [0.29, 0.717) is 12.4 Å². The maximum atomic E-state index is 12.0. The smallest absolute Gasteiger partial charge is 0.349 e. The molecule has 0 unspecified atom stereocenters. The molecule has 19 heavy (non-hydrogen) atoms. The van der Waals surface area contributed by atoms with Gasteiger partial charge in [-0.2, -0.15) is 0 Å². The van der Waals surface area contributed by atoms with E-state index in [1.54, 1.807) is 45.0 Å². The second-order valence-electron chi connectivity index (χ2n) is 5.27. The molecule has 0 spiro atoms.